The minimum Gasteiger partial charge on any atom is -0.490 e. The van der Waals surface area contributed by atoms with Gasteiger partial charge in [0.05, 0.1) is 11.0 Å². The van der Waals surface area contributed by atoms with Gasteiger partial charge in [-0.3, -0.25) is 9.97 Å². The Bertz CT molecular complexity index is 1340. The second-order valence-electron chi connectivity index (χ2n) is 7.07. The van der Waals surface area contributed by atoms with Crippen molar-refractivity contribution in [1.29, 1.82) is 0 Å². The highest BCUT2D eigenvalue weighted by atomic mass is 16.5. The van der Waals surface area contributed by atoms with Crippen molar-refractivity contribution in [2.45, 2.75) is 0 Å². The maximum atomic E-state index is 5.61. The largest absolute Gasteiger partial charge is 0.490 e. The average molecular weight is 388 g/mol. The zero-order valence-corrected chi connectivity index (χ0v) is 16.5. The number of benzene rings is 3. The molecule has 2 heterocycles. The number of hydrogen-bond donors (Lipinski definition) is 0. The van der Waals surface area contributed by atoms with Gasteiger partial charge in [-0.15, -0.1) is 0 Å². The molecule has 3 aromatic carbocycles. The summed E-state index contributed by atoms with van der Waals surface area (Å²) < 4.78 is 5.61. The van der Waals surface area contributed by atoms with Crippen LogP contribution in [0.4, 0.5) is 0 Å². The van der Waals surface area contributed by atoms with Crippen LogP contribution in [-0.4, -0.2) is 16.6 Å². The third kappa shape index (κ3) is 3.20. The molecule has 0 N–H and O–H groups in total. The Morgan fingerprint density at radius 2 is 1.23 bits per heavy atom. The molecule has 0 aliphatic rings. The molecule has 0 spiro atoms. The quantitative estimate of drug-likeness (QED) is 0.249. The van der Waals surface area contributed by atoms with Crippen molar-refractivity contribution in [2.75, 3.05) is 6.61 Å². The van der Waals surface area contributed by atoms with Crippen molar-refractivity contribution >= 4 is 21.8 Å². The molecule has 5 rings (SSSR count). The van der Waals surface area contributed by atoms with Gasteiger partial charge in [0.2, 0.25) is 0 Å². The van der Waals surface area contributed by atoms with E-state index in [1.54, 1.807) is 6.08 Å². The van der Waals surface area contributed by atoms with Crippen LogP contribution in [0, 0.1) is 0 Å². The number of nitrogens with zero attached hydrogens (tertiary/aromatic N) is 2. The zero-order valence-electron chi connectivity index (χ0n) is 16.5. The van der Waals surface area contributed by atoms with Crippen LogP contribution in [0.25, 0.3) is 44.1 Å². The van der Waals surface area contributed by atoms with Crippen molar-refractivity contribution in [3.05, 3.63) is 104 Å². The Balaban J connectivity index is 1.66. The number of hydrogen-bond acceptors (Lipinski definition) is 3. The molecular weight excluding hydrogens is 368 g/mol. The monoisotopic (exact) mass is 388 g/mol. The van der Waals surface area contributed by atoms with Crippen LogP contribution >= 0.6 is 0 Å². The number of fused-ring (bicyclic) bond motifs is 3. The summed E-state index contributed by atoms with van der Waals surface area (Å²) >= 11 is 0. The average Bonchev–Trinajstić information content (AvgIpc) is 2.82. The molecule has 2 aromatic heterocycles. The predicted molar refractivity (Wildman–Crippen MR) is 124 cm³/mol. The van der Waals surface area contributed by atoms with Gasteiger partial charge in [-0.2, -0.15) is 0 Å². The molecule has 0 radical (unpaired) electrons. The molecule has 0 atom stereocenters. The van der Waals surface area contributed by atoms with Gasteiger partial charge in [0.15, 0.2) is 0 Å². The van der Waals surface area contributed by atoms with E-state index in [1.807, 2.05) is 30.6 Å². The molecule has 0 aliphatic heterocycles. The van der Waals surface area contributed by atoms with E-state index in [0.29, 0.717) is 6.61 Å². The second kappa shape index (κ2) is 7.80. The number of aromatic nitrogens is 2. The Morgan fingerprint density at radius 1 is 0.667 bits per heavy atom. The maximum absolute atomic E-state index is 5.61. The SMILES string of the molecule is C=CCOc1ccc(-c2ccnc3c2ccc2c(-c4ccccc4)ccnc23)cc1. The van der Waals surface area contributed by atoms with E-state index in [-0.39, 0.29) is 0 Å². The van der Waals surface area contributed by atoms with E-state index in [2.05, 4.69) is 72.2 Å². The molecular formula is C27H20N2O. The summed E-state index contributed by atoms with van der Waals surface area (Å²) in [6, 6.07) is 26.9. The fourth-order valence-electron chi connectivity index (χ4n) is 3.83. The normalized spacial score (nSPS) is 10.9. The first-order valence-corrected chi connectivity index (χ1v) is 9.91. The van der Waals surface area contributed by atoms with E-state index in [0.717, 1.165) is 38.7 Å². The third-order valence-electron chi connectivity index (χ3n) is 5.24. The summed E-state index contributed by atoms with van der Waals surface area (Å²) in [4.78, 5) is 9.38. The van der Waals surface area contributed by atoms with Crippen molar-refractivity contribution in [3.8, 4) is 28.0 Å². The van der Waals surface area contributed by atoms with Crippen LogP contribution < -0.4 is 4.74 Å². The van der Waals surface area contributed by atoms with Gasteiger partial charge in [0, 0.05) is 23.2 Å². The molecule has 144 valence electrons. The van der Waals surface area contributed by atoms with Crippen LogP contribution in [0.3, 0.4) is 0 Å². The highest BCUT2D eigenvalue weighted by Gasteiger charge is 2.12. The standard InChI is InChI=1S/C27H20N2O/c1-2-18-30-21-10-8-20(9-11-21)23-15-17-29-27-25(23)13-12-24-22(14-16-28-26(24)27)19-6-4-3-5-7-19/h2-17H,1,18H2. The van der Waals surface area contributed by atoms with Crippen LogP contribution in [-0.2, 0) is 0 Å². The van der Waals surface area contributed by atoms with E-state index >= 15 is 0 Å². The van der Waals surface area contributed by atoms with Crippen molar-refractivity contribution < 1.29 is 4.74 Å². The molecule has 0 bridgehead atoms. The molecule has 0 saturated heterocycles. The molecule has 0 fully saturated rings. The van der Waals surface area contributed by atoms with Gasteiger partial charge >= 0.3 is 0 Å². The fraction of sp³-hybridized carbons (Fsp3) is 0.0370. The van der Waals surface area contributed by atoms with E-state index in [4.69, 9.17) is 9.72 Å². The first-order chi connectivity index (χ1) is 14.8. The first-order valence-electron chi connectivity index (χ1n) is 9.91. The molecule has 5 aromatic rings. The van der Waals surface area contributed by atoms with Gasteiger partial charge < -0.3 is 4.74 Å². The summed E-state index contributed by atoms with van der Waals surface area (Å²) in [5, 5.41) is 2.19. The molecule has 0 aliphatic carbocycles. The predicted octanol–water partition coefficient (Wildman–Crippen LogP) is 6.68. The summed E-state index contributed by atoms with van der Waals surface area (Å²) in [6.07, 6.45) is 5.46. The topological polar surface area (TPSA) is 35.0 Å². The Labute approximate surface area is 175 Å². The molecule has 3 nitrogen and oxygen atoms in total. The molecule has 30 heavy (non-hydrogen) atoms. The summed E-state index contributed by atoms with van der Waals surface area (Å²) in [7, 11) is 0. The Morgan fingerprint density at radius 3 is 1.80 bits per heavy atom. The van der Waals surface area contributed by atoms with Crippen LogP contribution in [0.15, 0.2) is 104 Å². The highest BCUT2D eigenvalue weighted by molar-refractivity contribution is 6.11. The zero-order chi connectivity index (χ0) is 20.3. The Kier molecular flexibility index (Phi) is 4.70. The van der Waals surface area contributed by atoms with Gasteiger partial charge in [-0.05, 0) is 46.5 Å². The van der Waals surface area contributed by atoms with Crippen LogP contribution in [0.5, 0.6) is 5.75 Å². The summed E-state index contributed by atoms with van der Waals surface area (Å²) in [5.41, 5.74) is 6.42. The molecule has 0 unspecified atom stereocenters. The Hall–Kier alpha value is -3.98. The molecule has 3 heteroatoms. The van der Waals surface area contributed by atoms with E-state index in [9.17, 15) is 0 Å². The smallest absolute Gasteiger partial charge is 0.119 e. The van der Waals surface area contributed by atoms with Gasteiger partial charge in [0.1, 0.15) is 12.4 Å². The van der Waals surface area contributed by atoms with E-state index < -0.39 is 0 Å². The summed E-state index contributed by atoms with van der Waals surface area (Å²) in [6.45, 7) is 4.19. The van der Waals surface area contributed by atoms with Gasteiger partial charge in [0.25, 0.3) is 0 Å². The van der Waals surface area contributed by atoms with Gasteiger partial charge in [-0.25, -0.2) is 0 Å². The minimum absolute atomic E-state index is 0.499. The fourth-order valence-corrected chi connectivity index (χ4v) is 3.83. The lowest BCUT2D eigenvalue weighted by molar-refractivity contribution is 0.363. The molecule has 0 amide bonds. The molecule has 0 saturated carbocycles. The highest BCUT2D eigenvalue weighted by Crippen LogP contribution is 2.35. The summed E-state index contributed by atoms with van der Waals surface area (Å²) in [5.74, 6) is 0.830. The number of ether oxygens (including phenoxy) is 1. The van der Waals surface area contributed by atoms with Crippen molar-refractivity contribution in [3.63, 3.8) is 0 Å². The lowest BCUT2D eigenvalue weighted by Crippen LogP contribution is -1.93. The van der Waals surface area contributed by atoms with Gasteiger partial charge in [-0.1, -0.05) is 67.3 Å². The number of pyridine rings is 2. The minimum atomic E-state index is 0.499. The lowest BCUT2D eigenvalue weighted by atomic mass is 9.96. The first kappa shape index (κ1) is 18.1. The van der Waals surface area contributed by atoms with Crippen LogP contribution in [0.2, 0.25) is 0 Å². The van der Waals surface area contributed by atoms with E-state index in [1.165, 1.54) is 11.1 Å². The number of rotatable bonds is 5. The van der Waals surface area contributed by atoms with Crippen LogP contribution in [0.1, 0.15) is 0 Å². The van der Waals surface area contributed by atoms with Crippen molar-refractivity contribution in [1.82, 2.24) is 9.97 Å². The second-order valence-corrected chi connectivity index (χ2v) is 7.07. The maximum Gasteiger partial charge on any atom is 0.119 e. The third-order valence-corrected chi connectivity index (χ3v) is 5.24. The van der Waals surface area contributed by atoms with Crippen molar-refractivity contribution in [2.24, 2.45) is 0 Å². The lowest BCUT2D eigenvalue weighted by Gasteiger charge is -2.11.